The number of aryl methyl sites for hydroxylation is 1. The summed E-state index contributed by atoms with van der Waals surface area (Å²) in [6.07, 6.45) is 1.66. The molecule has 0 radical (unpaired) electrons. The number of anilines is 1. The molecule has 0 aromatic heterocycles. The molecule has 3 rings (SSSR count). The van der Waals surface area contributed by atoms with Crippen LogP contribution >= 0.6 is 11.8 Å². The number of hydrogen-bond donors (Lipinski definition) is 1. The number of nitrogens with zero attached hydrogens (tertiary/aromatic N) is 1. The molecule has 1 aliphatic heterocycles. The lowest BCUT2D eigenvalue weighted by atomic mass is 9.96. The van der Waals surface area contributed by atoms with E-state index >= 15 is 0 Å². The Hall–Kier alpha value is -3.13. The van der Waals surface area contributed by atoms with E-state index in [1.54, 1.807) is 13.2 Å². The van der Waals surface area contributed by atoms with Crippen molar-refractivity contribution in [1.82, 2.24) is 4.90 Å². The molecule has 2 aromatic carbocycles. The van der Waals surface area contributed by atoms with Crippen molar-refractivity contribution in [3.8, 4) is 5.75 Å². The number of nitrogens with one attached hydrogen (secondary N) is 1. The first-order chi connectivity index (χ1) is 14.7. The fourth-order valence-electron chi connectivity index (χ4n) is 3.19. The van der Waals surface area contributed by atoms with Crippen molar-refractivity contribution in [3.63, 3.8) is 0 Å². The normalized spacial score (nSPS) is 15.2. The fourth-order valence-corrected chi connectivity index (χ4v) is 4.02. The molecular formula is C23H23FN2O4S. The number of amides is 3. The summed E-state index contributed by atoms with van der Waals surface area (Å²) in [6, 6.07) is 9.23. The zero-order valence-electron chi connectivity index (χ0n) is 17.7. The van der Waals surface area contributed by atoms with E-state index in [0.29, 0.717) is 0 Å². The minimum absolute atomic E-state index is 0.212. The Morgan fingerprint density at radius 2 is 2.00 bits per heavy atom. The van der Waals surface area contributed by atoms with Crippen LogP contribution in [0.15, 0.2) is 41.3 Å². The molecule has 1 aliphatic rings. The molecular weight excluding hydrogens is 419 g/mol. The Morgan fingerprint density at radius 3 is 2.65 bits per heavy atom. The van der Waals surface area contributed by atoms with Gasteiger partial charge in [0.2, 0.25) is 5.91 Å². The summed E-state index contributed by atoms with van der Waals surface area (Å²) in [5.41, 5.74) is 2.95. The molecule has 0 unspecified atom stereocenters. The zero-order valence-corrected chi connectivity index (χ0v) is 18.5. The van der Waals surface area contributed by atoms with E-state index in [-0.39, 0.29) is 16.5 Å². The van der Waals surface area contributed by atoms with Gasteiger partial charge < -0.3 is 10.1 Å². The first kappa shape index (κ1) is 22.6. The standard InChI is InChI=1S/C23H23FN2O4S/c1-13(2)18-9-15(14(3)8-19(18)30-4)10-20-22(28)26(23(29)31-20)12-21(27)25-17-7-5-6-16(24)11-17/h5-11,13H,12H2,1-4H3,(H,25,27)/b20-10+. The van der Waals surface area contributed by atoms with Gasteiger partial charge in [-0.15, -0.1) is 0 Å². The maximum atomic E-state index is 13.3. The van der Waals surface area contributed by atoms with Crippen LogP contribution in [0.1, 0.15) is 36.5 Å². The van der Waals surface area contributed by atoms with Gasteiger partial charge in [-0.05, 0) is 77.7 Å². The lowest BCUT2D eigenvalue weighted by Crippen LogP contribution is -2.36. The van der Waals surface area contributed by atoms with Crippen molar-refractivity contribution in [1.29, 1.82) is 0 Å². The number of hydrogen-bond acceptors (Lipinski definition) is 5. The summed E-state index contributed by atoms with van der Waals surface area (Å²) >= 11 is 0.788. The van der Waals surface area contributed by atoms with Crippen molar-refractivity contribution >= 4 is 40.6 Å². The van der Waals surface area contributed by atoms with Crippen LogP contribution in [0.2, 0.25) is 0 Å². The van der Waals surface area contributed by atoms with E-state index in [0.717, 1.165) is 45.2 Å². The smallest absolute Gasteiger partial charge is 0.294 e. The SMILES string of the molecule is COc1cc(C)c(/C=C2/SC(=O)N(CC(=O)Nc3cccc(F)c3)C2=O)cc1C(C)C. The molecule has 1 saturated heterocycles. The number of halogens is 1. The van der Waals surface area contributed by atoms with E-state index in [1.807, 2.05) is 32.9 Å². The second-order valence-electron chi connectivity index (χ2n) is 7.43. The molecule has 162 valence electrons. The summed E-state index contributed by atoms with van der Waals surface area (Å²) < 4.78 is 18.7. The van der Waals surface area contributed by atoms with Crippen molar-refractivity contribution in [2.75, 3.05) is 19.0 Å². The second kappa shape index (κ2) is 9.34. The first-order valence-electron chi connectivity index (χ1n) is 9.69. The van der Waals surface area contributed by atoms with Gasteiger partial charge in [-0.25, -0.2) is 4.39 Å². The number of thioether (sulfide) groups is 1. The summed E-state index contributed by atoms with van der Waals surface area (Å²) in [4.78, 5) is 38.5. The Kier molecular flexibility index (Phi) is 6.80. The molecule has 0 bridgehead atoms. The van der Waals surface area contributed by atoms with Crippen molar-refractivity contribution in [2.45, 2.75) is 26.7 Å². The van der Waals surface area contributed by atoms with E-state index in [4.69, 9.17) is 4.74 Å². The van der Waals surface area contributed by atoms with Crippen LogP contribution in [-0.4, -0.2) is 35.6 Å². The zero-order chi connectivity index (χ0) is 22.7. The van der Waals surface area contributed by atoms with E-state index in [1.165, 1.54) is 18.2 Å². The van der Waals surface area contributed by atoms with Crippen molar-refractivity contribution < 1.29 is 23.5 Å². The molecule has 8 heteroatoms. The van der Waals surface area contributed by atoms with Gasteiger partial charge in [0.1, 0.15) is 18.1 Å². The summed E-state index contributed by atoms with van der Waals surface area (Å²) in [5, 5.41) is 1.96. The van der Waals surface area contributed by atoms with Gasteiger partial charge in [0.15, 0.2) is 0 Å². The average Bonchev–Trinajstić information content (AvgIpc) is 2.96. The highest BCUT2D eigenvalue weighted by Crippen LogP contribution is 2.35. The number of imide groups is 1. The van der Waals surface area contributed by atoms with Crippen LogP contribution in [0, 0.1) is 12.7 Å². The third kappa shape index (κ3) is 5.14. The predicted molar refractivity (Wildman–Crippen MR) is 120 cm³/mol. The third-order valence-corrected chi connectivity index (χ3v) is 5.72. The Bertz CT molecular complexity index is 1080. The number of methoxy groups -OCH3 is 1. The van der Waals surface area contributed by atoms with Gasteiger partial charge >= 0.3 is 0 Å². The summed E-state index contributed by atoms with van der Waals surface area (Å²) in [5.74, 6) is -0.638. The monoisotopic (exact) mass is 442 g/mol. The lowest BCUT2D eigenvalue weighted by Gasteiger charge is -2.15. The van der Waals surface area contributed by atoms with Gasteiger partial charge in [0.25, 0.3) is 11.1 Å². The van der Waals surface area contributed by atoms with Gasteiger partial charge in [0.05, 0.1) is 12.0 Å². The molecule has 2 aromatic rings. The summed E-state index contributed by atoms with van der Waals surface area (Å²) in [6.45, 7) is 5.54. The Balaban J connectivity index is 1.79. The van der Waals surface area contributed by atoms with Crippen molar-refractivity contribution in [3.05, 3.63) is 63.8 Å². The highest BCUT2D eigenvalue weighted by Gasteiger charge is 2.36. The Labute approximate surface area is 184 Å². The molecule has 0 atom stereocenters. The molecule has 3 amide bonds. The van der Waals surface area contributed by atoms with Crippen LogP contribution in [0.25, 0.3) is 6.08 Å². The summed E-state index contributed by atoms with van der Waals surface area (Å²) in [7, 11) is 1.61. The molecule has 1 fully saturated rings. The van der Waals surface area contributed by atoms with Crippen LogP contribution in [-0.2, 0) is 9.59 Å². The molecule has 6 nitrogen and oxygen atoms in total. The van der Waals surface area contributed by atoms with Crippen LogP contribution in [0.4, 0.5) is 14.9 Å². The predicted octanol–water partition coefficient (Wildman–Crippen LogP) is 4.94. The number of benzene rings is 2. The van der Waals surface area contributed by atoms with Gasteiger partial charge in [0, 0.05) is 5.69 Å². The minimum Gasteiger partial charge on any atom is -0.496 e. The number of rotatable bonds is 6. The quantitative estimate of drug-likeness (QED) is 0.642. The highest BCUT2D eigenvalue weighted by atomic mass is 32.2. The van der Waals surface area contributed by atoms with E-state index < -0.39 is 29.4 Å². The highest BCUT2D eigenvalue weighted by molar-refractivity contribution is 8.18. The number of carbonyl (C=O) groups is 3. The second-order valence-corrected chi connectivity index (χ2v) is 8.43. The minimum atomic E-state index is -0.586. The average molecular weight is 443 g/mol. The van der Waals surface area contributed by atoms with Gasteiger partial charge in [-0.3, -0.25) is 19.3 Å². The molecule has 31 heavy (non-hydrogen) atoms. The number of carbonyl (C=O) groups excluding carboxylic acids is 3. The Morgan fingerprint density at radius 1 is 1.26 bits per heavy atom. The van der Waals surface area contributed by atoms with Gasteiger partial charge in [-0.1, -0.05) is 19.9 Å². The van der Waals surface area contributed by atoms with E-state index in [9.17, 15) is 18.8 Å². The molecule has 0 aliphatic carbocycles. The van der Waals surface area contributed by atoms with Crippen LogP contribution < -0.4 is 10.1 Å². The first-order valence-corrected chi connectivity index (χ1v) is 10.5. The van der Waals surface area contributed by atoms with Gasteiger partial charge in [-0.2, -0.15) is 0 Å². The fraction of sp³-hybridized carbons (Fsp3) is 0.261. The van der Waals surface area contributed by atoms with E-state index in [2.05, 4.69) is 5.32 Å². The molecule has 1 N–H and O–H groups in total. The molecule has 1 heterocycles. The lowest BCUT2D eigenvalue weighted by molar-refractivity contribution is -0.127. The van der Waals surface area contributed by atoms with Crippen molar-refractivity contribution in [2.24, 2.45) is 0 Å². The van der Waals surface area contributed by atoms with Crippen LogP contribution in [0.3, 0.4) is 0 Å². The number of ether oxygens (including phenoxy) is 1. The third-order valence-electron chi connectivity index (χ3n) is 4.81. The maximum absolute atomic E-state index is 13.3. The molecule has 0 spiro atoms. The largest absolute Gasteiger partial charge is 0.496 e. The maximum Gasteiger partial charge on any atom is 0.294 e. The topological polar surface area (TPSA) is 75.7 Å². The molecule has 0 saturated carbocycles. The van der Waals surface area contributed by atoms with Crippen LogP contribution in [0.5, 0.6) is 5.75 Å².